The normalized spacial score (nSPS) is 11.2. The molecule has 0 spiro atoms. The summed E-state index contributed by atoms with van der Waals surface area (Å²) in [5.74, 6) is 0.309. The van der Waals surface area contributed by atoms with Crippen LogP contribution in [0.4, 0.5) is 5.69 Å². The van der Waals surface area contributed by atoms with E-state index in [0.717, 1.165) is 0 Å². The summed E-state index contributed by atoms with van der Waals surface area (Å²) in [5.41, 5.74) is 2.22. The fourth-order valence-corrected chi connectivity index (χ4v) is 3.44. The van der Waals surface area contributed by atoms with Gasteiger partial charge in [0.15, 0.2) is 11.4 Å². The molecule has 1 aromatic carbocycles. The monoisotopic (exact) mass is 419 g/mol. The molecule has 31 heavy (non-hydrogen) atoms. The van der Waals surface area contributed by atoms with Gasteiger partial charge in [0.1, 0.15) is 5.69 Å². The van der Waals surface area contributed by atoms with Gasteiger partial charge in [-0.25, -0.2) is 9.67 Å². The minimum atomic E-state index is -0.451. The summed E-state index contributed by atoms with van der Waals surface area (Å²) < 4.78 is 7.25. The Hall–Kier alpha value is -4.01. The molecule has 0 unspecified atom stereocenters. The number of aromatic nitrogens is 3. The molecule has 0 aliphatic heterocycles. The van der Waals surface area contributed by atoms with Crippen molar-refractivity contribution in [3.8, 4) is 11.5 Å². The summed E-state index contributed by atoms with van der Waals surface area (Å²) in [6, 6.07) is 11.6. The van der Waals surface area contributed by atoms with Crippen LogP contribution in [0.25, 0.3) is 22.5 Å². The molecule has 9 nitrogen and oxygen atoms in total. The molecule has 4 rings (SSSR count). The molecule has 0 saturated heterocycles. The third-order valence-corrected chi connectivity index (χ3v) is 4.95. The number of nitro groups is 1. The maximum atomic E-state index is 13.4. The molecule has 0 fully saturated rings. The number of non-ortho nitro benzene ring substituents is 1. The zero-order valence-electron chi connectivity index (χ0n) is 17.3. The molecule has 0 atom stereocenters. The predicted octanol–water partition coefficient (Wildman–Crippen LogP) is 4.45. The highest BCUT2D eigenvalue weighted by Crippen LogP contribution is 2.28. The maximum absolute atomic E-state index is 13.4. The number of nitrogens with zero attached hydrogens (tertiary/aromatic N) is 5. The van der Waals surface area contributed by atoms with E-state index >= 15 is 0 Å². The molecule has 4 aromatic rings. The van der Waals surface area contributed by atoms with Gasteiger partial charge in [0, 0.05) is 31.8 Å². The standard InChI is InChI=1S/C22H21N5O4/c1-14(2)26-21-18(12-23-26)17(11-19(24-21)20-8-5-9-31-20)22(28)25(3)13-15-6-4-7-16(10-15)27(29)30/h4-12,14H,13H2,1-3H3. The van der Waals surface area contributed by atoms with E-state index in [0.29, 0.717) is 33.6 Å². The number of hydrogen-bond donors (Lipinski definition) is 0. The van der Waals surface area contributed by atoms with E-state index in [9.17, 15) is 14.9 Å². The Morgan fingerprint density at radius 2 is 2.06 bits per heavy atom. The topological polar surface area (TPSA) is 107 Å². The van der Waals surface area contributed by atoms with E-state index in [4.69, 9.17) is 4.42 Å². The number of hydrogen-bond acceptors (Lipinski definition) is 6. The number of nitro benzene ring substituents is 1. The first-order valence-electron chi connectivity index (χ1n) is 9.76. The average Bonchev–Trinajstić information content (AvgIpc) is 3.42. The van der Waals surface area contributed by atoms with Crippen molar-refractivity contribution in [2.45, 2.75) is 26.4 Å². The van der Waals surface area contributed by atoms with Gasteiger partial charge >= 0.3 is 0 Å². The molecule has 1 amide bonds. The first kappa shape index (κ1) is 20.3. The van der Waals surface area contributed by atoms with Crippen molar-refractivity contribution in [2.24, 2.45) is 0 Å². The van der Waals surface area contributed by atoms with Crippen molar-refractivity contribution < 1.29 is 14.1 Å². The lowest BCUT2D eigenvalue weighted by atomic mass is 10.1. The van der Waals surface area contributed by atoms with E-state index in [1.165, 1.54) is 17.0 Å². The number of amides is 1. The molecule has 0 N–H and O–H groups in total. The molecular weight excluding hydrogens is 398 g/mol. The lowest BCUT2D eigenvalue weighted by Crippen LogP contribution is -2.26. The van der Waals surface area contributed by atoms with Gasteiger partial charge < -0.3 is 9.32 Å². The van der Waals surface area contributed by atoms with Gasteiger partial charge in [-0.1, -0.05) is 12.1 Å². The molecule has 3 aromatic heterocycles. The Morgan fingerprint density at radius 1 is 1.26 bits per heavy atom. The van der Waals surface area contributed by atoms with E-state index in [1.54, 1.807) is 54.5 Å². The summed E-state index contributed by atoms with van der Waals surface area (Å²) in [7, 11) is 1.66. The fourth-order valence-electron chi connectivity index (χ4n) is 3.44. The van der Waals surface area contributed by atoms with E-state index in [2.05, 4.69) is 10.1 Å². The minimum Gasteiger partial charge on any atom is -0.463 e. The van der Waals surface area contributed by atoms with Gasteiger partial charge in [0.2, 0.25) is 0 Å². The van der Waals surface area contributed by atoms with Crippen molar-refractivity contribution in [2.75, 3.05) is 7.05 Å². The Morgan fingerprint density at radius 3 is 2.74 bits per heavy atom. The Kier molecular flexibility index (Phi) is 5.24. The lowest BCUT2D eigenvalue weighted by molar-refractivity contribution is -0.384. The second-order valence-electron chi connectivity index (χ2n) is 7.54. The summed E-state index contributed by atoms with van der Waals surface area (Å²) in [6.07, 6.45) is 3.19. The second-order valence-corrected chi connectivity index (χ2v) is 7.54. The van der Waals surface area contributed by atoms with E-state index < -0.39 is 4.92 Å². The van der Waals surface area contributed by atoms with Gasteiger partial charge in [-0.15, -0.1) is 0 Å². The van der Waals surface area contributed by atoms with Crippen molar-refractivity contribution in [3.05, 3.63) is 76.2 Å². The minimum absolute atomic E-state index is 0.0111. The van der Waals surface area contributed by atoms with Crippen molar-refractivity contribution in [1.29, 1.82) is 0 Å². The van der Waals surface area contributed by atoms with Crippen molar-refractivity contribution in [1.82, 2.24) is 19.7 Å². The number of pyridine rings is 1. The number of benzene rings is 1. The van der Waals surface area contributed by atoms with Gasteiger partial charge in [0.25, 0.3) is 11.6 Å². The number of carbonyl (C=O) groups excluding carboxylic acids is 1. The maximum Gasteiger partial charge on any atom is 0.269 e. The van der Waals surface area contributed by atoms with Gasteiger partial charge in [-0.05, 0) is 37.6 Å². The number of furan rings is 1. The Bertz CT molecular complexity index is 1260. The molecule has 3 heterocycles. The summed E-state index contributed by atoms with van der Waals surface area (Å²) in [6.45, 7) is 4.20. The third-order valence-electron chi connectivity index (χ3n) is 4.95. The van der Waals surface area contributed by atoms with Crippen LogP contribution in [0.3, 0.4) is 0 Å². The van der Waals surface area contributed by atoms with Crippen molar-refractivity contribution >= 4 is 22.6 Å². The molecule has 0 radical (unpaired) electrons. The highest BCUT2D eigenvalue weighted by Gasteiger charge is 2.22. The Balaban J connectivity index is 1.74. The zero-order chi connectivity index (χ0) is 22.1. The Labute approximate surface area is 178 Å². The number of fused-ring (bicyclic) bond motifs is 1. The van der Waals surface area contributed by atoms with Gasteiger partial charge in [0.05, 0.1) is 28.3 Å². The van der Waals surface area contributed by atoms with Crippen LogP contribution in [0.2, 0.25) is 0 Å². The van der Waals surface area contributed by atoms with Crippen LogP contribution in [-0.2, 0) is 6.54 Å². The van der Waals surface area contributed by atoms with Crippen LogP contribution in [-0.4, -0.2) is 37.5 Å². The highest BCUT2D eigenvalue weighted by molar-refractivity contribution is 6.06. The van der Waals surface area contributed by atoms with Crippen LogP contribution in [0, 0.1) is 10.1 Å². The van der Waals surface area contributed by atoms with Crippen LogP contribution < -0.4 is 0 Å². The molecule has 158 valence electrons. The largest absolute Gasteiger partial charge is 0.463 e. The lowest BCUT2D eigenvalue weighted by Gasteiger charge is -2.18. The smallest absolute Gasteiger partial charge is 0.269 e. The van der Waals surface area contributed by atoms with Crippen LogP contribution >= 0.6 is 0 Å². The molecule has 0 aliphatic carbocycles. The van der Waals surface area contributed by atoms with E-state index in [-0.39, 0.29) is 24.2 Å². The molecule has 0 saturated carbocycles. The van der Waals surface area contributed by atoms with Crippen LogP contribution in [0.15, 0.2) is 59.3 Å². The van der Waals surface area contributed by atoms with Gasteiger partial charge in [-0.3, -0.25) is 14.9 Å². The SMILES string of the molecule is CC(C)n1ncc2c(C(=O)N(C)Cc3cccc([N+](=O)[O-])c3)cc(-c3ccco3)nc21. The second kappa shape index (κ2) is 8.02. The highest BCUT2D eigenvalue weighted by atomic mass is 16.6. The molecule has 0 bridgehead atoms. The average molecular weight is 419 g/mol. The number of carbonyl (C=O) groups is 1. The van der Waals surface area contributed by atoms with E-state index in [1.807, 2.05) is 13.8 Å². The first-order valence-corrected chi connectivity index (χ1v) is 9.76. The third kappa shape index (κ3) is 3.89. The summed E-state index contributed by atoms with van der Waals surface area (Å²) in [4.78, 5) is 30.2. The van der Waals surface area contributed by atoms with Gasteiger partial charge in [-0.2, -0.15) is 5.10 Å². The summed E-state index contributed by atoms with van der Waals surface area (Å²) in [5, 5.41) is 16.1. The quantitative estimate of drug-likeness (QED) is 0.337. The van der Waals surface area contributed by atoms with Crippen molar-refractivity contribution in [3.63, 3.8) is 0 Å². The number of rotatable bonds is 6. The molecule has 0 aliphatic rings. The van der Waals surface area contributed by atoms with Crippen LogP contribution in [0.1, 0.15) is 35.8 Å². The molecule has 9 heteroatoms. The zero-order valence-corrected chi connectivity index (χ0v) is 17.3. The fraction of sp³-hybridized carbons (Fsp3) is 0.227. The van der Waals surface area contributed by atoms with Crippen LogP contribution in [0.5, 0.6) is 0 Å². The summed E-state index contributed by atoms with van der Waals surface area (Å²) >= 11 is 0. The molecular formula is C22H21N5O4. The first-order chi connectivity index (χ1) is 14.8. The predicted molar refractivity (Wildman–Crippen MR) is 115 cm³/mol.